The highest BCUT2D eigenvalue weighted by atomic mass is 19.1. The molecule has 158 valence electrons. The van der Waals surface area contributed by atoms with Crippen molar-refractivity contribution >= 4 is 12.0 Å². The van der Waals surface area contributed by atoms with Crippen molar-refractivity contribution in [3.05, 3.63) is 47.0 Å². The summed E-state index contributed by atoms with van der Waals surface area (Å²) >= 11 is 0. The maximum atomic E-state index is 13.2. The average molecular weight is 404 g/mol. The summed E-state index contributed by atoms with van der Waals surface area (Å²) in [6.07, 6.45) is 0.204. The number of carbonyl (C=O) groups excluding carboxylic acids is 2. The third-order valence-electron chi connectivity index (χ3n) is 4.45. The van der Waals surface area contributed by atoms with Gasteiger partial charge in [-0.25, -0.2) is 13.9 Å². The molecule has 0 aliphatic heterocycles. The van der Waals surface area contributed by atoms with Crippen molar-refractivity contribution in [2.45, 2.75) is 47.1 Å². The Kier molecular flexibility index (Phi) is 7.75. The van der Waals surface area contributed by atoms with E-state index < -0.39 is 6.09 Å². The van der Waals surface area contributed by atoms with Crippen molar-refractivity contribution in [1.82, 2.24) is 20.4 Å². The molecule has 7 nitrogen and oxygen atoms in total. The zero-order valence-electron chi connectivity index (χ0n) is 17.6. The number of carbonyl (C=O) groups is 2. The number of amides is 2. The number of nitrogens with one attached hydrogen (secondary N) is 2. The smallest absolute Gasteiger partial charge is 0.407 e. The van der Waals surface area contributed by atoms with Gasteiger partial charge in [-0.3, -0.25) is 4.79 Å². The highest BCUT2D eigenvalue weighted by molar-refractivity contribution is 5.96. The fraction of sp³-hybridized carbons (Fsp3) is 0.476. The number of rotatable bonds is 8. The molecule has 1 atom stereocenters. The number of ether oxygens (including phenoxy) is 1. The molecule has 8 heteroatoms. The van der Waals surface area contributed by atoms with Gasteiger partial charge in [0, 0.05) is 12.6 Å². The van der Waals surface area contributed by atoms with Crippen LogP contribution in [0.25, 0.3) is 5.69 Å². The van der Waals surface area contributed by atoms with Crippen molar-refractivity contribution in [2.24, 2.45) is 5.92 Å². The van der Waals surface area contributed by atoms with E-state index in [1.165, 1.54) is 12.1 Å². The van der Waals surface area contributed by atoms with Crippen LogP contribution < -0.4 is 10.6 Å². The molecule has 1 aromatic heterocycles. The van der Waals surface area contributed by atoms with E-state index >= 15 is 0 Å². The minimum atomic E-state index is -0.496. The maximum Gasteiger partial charge on any atom is 0.407 e. The molecule has 1 unspecified atom stereocenters. The fourth-order valence-corrected chi connectivity index (χ4v) is 3.21. The predicted molar refractivity (Wildman–Crippen MR) is 109 cm³/mol. The van der Waals surface area contributed by atoms with Gasteiger partial charge in [-0.1, -0.05) is 13.8 Å². The van der Waals surface area contributed by atoms with Gasteiger partial charge >= 0.3 is 6.09 Å². The van der Waals surface area contributed by atoms with Crippen LogP contribution in [-0.2, 0) is 4.74 Å². The predicted octanol–water partition coefficient (Wildman–Crippen LogP) is 3.52. The normalized spacial score (nSPS) is 12.0. The molecule has 0 spiro atoms. The van der Waals surface area contributed by atoms with Crippen molar-refractivity contribution in [3.63, 3.8) is 0 Å². The highest BCUT2D eigenvalue weighted by Gasteiger charge is 2.21. The highest BCUT2D eigenvalue weighted by Crippen LogP contribution is 2.18. The summed E-state index contributed by atoms with van der Waals surface area (Å²) in [5.41, 5.74) is 2.37. The number of benzene rings is 1. The Morgan fingerprint density at radius 1 is 1.21 bits per heavy atom. The molecule has 0 fully saturated rings. The minimum absolute atomic E-state index is 0.245. The first-order valence-corrected chi connectivity index (χ1v) is 9.76. The van der Waals surface area contributed by atoms with Crippen LogP contribution in [0.2, 0.25) is 0 Å². The molecule has 0 bridgehead atoms. The standard InChI is InChI=1S/C21H29FN4O3/c1-6-29-21(28)24-17(11-13(2)3)12-23-20(27)19-14(4)25-26(15(19)5)18-9-7-16(22)8-10-18/h7-10,13,17H,6,11-12H2,1-5H3,(H,23,27)(H,24,28). The molecular weight excluding hydrogens is 375 g/mol. The van der Waals surface area contributed by atoms with Gasteiger partial charge < -0.3 is 15.4 Å². The maximum absolute atomic E-state index is 13.2. The molecule has 2 rings (SSSR count). The Bertz CT molecular complexity index is 846. The molecule has 2 aromatic rings. The summed E-state index contributed by atoms with van der Waals surface area (Å²) in [4.78, 5) is 24.6. The molecule has 2 amide bonds. The summed E-state index contributed by atoms with van der Waals surface area (Å²) in [5, 5.41) is 10.1. The largest absolute Gasteiger partial charge is 0.450 e. The SMILES string of the molecule is CCOC(=O)NC(CNC(=O)c1c(C)nn(-c2ccc(F)cc2)c1C)CC(C)C. The lowest BCUT2D eigenvalue weighted by Gasteiger charge is -2.20. The van der Waals surface area contributed by atoms with Gasteiger partial charge in [-0.15, -0.1) is 0 Å². The number of hydrogen-bond acceptors (Lipinski definition) is 4. The first-order valence-electron chi connectivity index (χ1n) is 9.76. The summed E-state index contributed by atoms with van der Waals surface area (Å²) in [5.74, 6) is -0.269. The Balaban J connectivity index is 2.12. The molecule has 0 aliphatic carbocycles. The Morgan fingerprint density at radius 3 is 2.45 bits per heavy atom. The third kappa shape index (κ3) is 6.04. The van der Waals surface area contributed by atoms with E-state index in [0.717, 1.165) is 0 Å². The topological polar surface area (TPSA) is 85.2 Å². The lowest BCUT2D eigenvalue weighted by molar-refractivity contribution is 0.0943. The van der Waals surface area contributed by atoms with Crippen molar-refractivity contribution < 1.29 is 18.7 Å². The number of hydrogen-bond donors (Lipinski definition) is 2. The van der Waals surface area contributed by atoms with Gasteiger partial charge in [0.05, 0.1) is 29.2 Å². The molecule has 0 radical (unpaired) electrons. The number of aryl methyl sites for hydroxylation is 1. The lowest BCUT2D eigenvalue weighted by atomic mass is 10.0. The van der Waals surface area contributed by atoms with Crippen molar-refractivity contribution in [2.75, 3.05) is 13.2 Å². The van der Waals surface area contributed by atoms with E-state index in [0.29, 0.717) is 35.0 Å². The van der Waals surface area contributed by atoms with Crippen LogP contribution in [0, 0.1) is 25.6 Å². The summed E-state index contributed by atoms with van der Waals surface area (Å²) in [6, 6.07) is 5.67. The van der Waals surface area contributed by atoms with Gasteiger partial charge in [0.2, 0.25) is 0 Å². The first-order chi connectivity index (χ1) is 13.7. The van der Waals surface area contributed by atoms with E-state index in [1.807, 2.05) is 13.8 Å². The molecular formula is C21H29FN4O3. The monoisotopic (exact) mass is 404 g/mol. The molecule has 2 N–H and O–H groups in total. The lowest BCUT2D eigenvalue weighted by Crippen LogP contribution is -2.44. The van der Waals surface area contributed by atoms with Crippen LogP contribution in [0.4, 0.5) is 9.18 Å². The fourth-order valence-electron chi connectivity index (χ4n) is 3.21. The van der Waals surface area contributed by atoms with E-state index in [9.17, 15) is 14.0 Å². The molecule has 1 heterocycles. The van der Waals surface area contributed by atoms with Gasteiger partial charge in [-0.05, 0) is 57.4 Å². The summed E-state index contributed by atoms with van der Waals surface area (Å²) < 4.78 is 19.7. The second-order valence-electron chi connectivity index (χ2n) is 7.34. The summed E-state index contributed by atoms with van der Waals surface area (Å²) in [6.45, 7) is 9.93. The molecule has 1 aromatic carbocycles. The number of halogens is 1. The second-order valence-corrected chi connectivity index (χ2v) is 7.34. The number of aromatic nitrogens is 2. The van der Waals surface area contributed by atoms with Gasteiger partial charge in [0.25, 0.3) is 5.91 Å². The molecule has 29 heavy (non-hydrogen) atoms. The van der Waals surface area contributed by atoms with Crippen LogP contribution in [0.3, 0.4) is 0 Å². The number of alkyl carbamates (subject to hydrolysis) is 1. The summed E-state index contributed by atoms with van der Waals surface area (Å²) in [7, 11) is 0. The second kappa shape index (κ2) is 10.0. The van der Waals surface area contributed by atoms with Crippen molar-refractivity contribution in [1.29, 1.82) is 0 Å². The Morgan fingerprint density at radius 2 is 1.86 bits per heavy atom. The van der Waals surface area contributed by atoms with E-state index in [1.54, 1.807) is 37.6 Å². The van der Waals surface area contributed by atoms with Crippen LogP contribution in [0.5, 0.6) is 0 Å². The Labute approximate surface area is 170 Å². The van der Waals surface area contributed by atoms with Gasteiger partial charge in [-0.2, -0.15) is 5.10 Å². The van der Waals surface area contributed by atoms with Crippen LogP contribution in [-0.4, -0.2) is 41.0 Å². The van der Waals surface area contributed by atoms with E-state index in [-0.39, 0.29) is 30.9 Å². The number of nitrogens with zero attached hydrogens (tertiary/aromatic N) is 2. The van der Waals surface area contributed by atoms with Crippen molar-refractivity contribution in [3.8, 4) is 5.69 Å². The van der Waals surface area contributed by atoms with Crippen LogP contribution >= 0.6 is 0 Å². The quantitative estimate of drug-likeness (QED) is 0.705. The zero-order chi connectivity index (χ0) is 21.6. The van der Waals surface area contributed by atoms with Gasteiger partial charge in [0.1, 0.15) is 5.82 Å². The zero-order valence-corrected chi connectivity index (χ0v) is 17.6. The first kappa shape index (κ1) is 22.4. The van der Waals surface area contributed by atoms with E-state index in [2.05, 4.69) is 15.7 Å². The van der Waals surface area contributed by atoms with Crippen LogP contribution in [0.1, 0.15) is 48.9 Å². The van der Waals surface area contributed by atoms with Crippen LogP contribution in [0.15, 0.2) is 24.3 Å². The average Bonchev–Trinajstić information content (AvgIpc) is 2.94. The third-order valence-corrected chi connectivity index (χ3v) is 4.45. The molecule has 0 saturated carbocycles. The van der Waals surface area contributed by atoms with E-state index in [4.69, 9.17) is 4.74 Å². The molecule has 0 saturated heterocycles. The Hall–Kier alpha value is -2.90. The minimum Gasteiger partial charge on any atom is -0.450 e. The molecule has 0 aliphatic rings. The van der Waals surface area contributed by atoms with Gasteiger partial charge in [0.15, 0.2) is 0 Å².